The number of ether oxygens (including phenoxy) is 1. The predicted molar refractivity (Wildman–Crippen MR) is 122 cm³/mol. The lowest BCUT2D eigenvalue weighted by Gasteiger charge is -2.30. The first-order chi connectivity index (χ1) is 15.2. The van der Waals surface area contributed by atoms with Gasteiger partial charge in [0.25, 0.3) is 0 Å². The third-order valence-corrected chi connectivity index (χ3v) is 6.83. The zero-order valence-corrected chi connectivity index (χ0v) is 18.6. The summed E-state index contributed by atoms with van der Waals surface area (Å²) in [5.74, 6) is 2.22. The zero-order valence-electron chi connectivity index (χ0n) is 17.8. The molecule has 1 fully saturated rings. The number of H-pyrrole nitrogens is 1. The number of thioether (sulfide) groups is 1. The molecule has 31 heavy (non-hydrogen) atoms. The van der Waals surface area contributed by atoms with Crippen molar-refractivity contribution in [2.45, 2.75) is 37.8 Å². The van der Waals surface area contributed by atoms with E-state index in [4.69, 9.17) is 4.74 Å². The molecule has 7 heteroatoms. The molecule has 3 heterocycles. The first-order valence-electron chi connectivity index (χ1n) is 10.8. The van der Waals surface area contributed by atoms with Gasteiger partial charge < -0.3 is 14.6 Å². The third-order valence-electron chi connectivity index (χ3n) is 5.70. The molecule has 0 saturated carbocycles. The maximum Gasteiger partial charge on any atom is 0.415 e. The van der Waals surface area contributed by atoms with Gasteiger partial charge in [-0.05, 0) is 67.9 Å². The number of benzene rings is 1. The summed E-state index contributed by atoms with van der Waals surface area (Å²) in [6, 6.07) is 11.9. The molecular weight excluding hydrogens is 408 g/mol. The molecular formula is C24H28N4O2S. The molecule has 1 saturated heterocycles. The second kappa shape index (κ2) is 10.5. The molecule has 0 unspecified atom stereocenters. The van der Waals surface area contributed by atoms with E-state index in [1.54, 1.807) is 18.0 Å². The summed E-state index contributed by atoms with van der Waals surface area (Å²) in [5, 5.41) is 0.959. The van der Waals surface area contributed by atoms with Crippen LogP contribution >= 0.6 is 11.8 Å². The number of aromatic amines is 1. The van der Waals surface area contributed by atoms with Crippen LogP contribution in [0.25, 0.3) is 0 Å². The van der Waals surface area contributed by atoms with E-state index in [0.717, 1.165) is 55.4 Å². The average Bonchev–Trinajstić information content (AvgIpc) is 3.32. The van der Waals surface area contributed by atoms with Gasteiger partial charge in [-0.25, -0.2) is 9.78 Å². The van der Waals surface area contributed by atoms with E-state index < -0.39 is 0 Å². The van der Waals surface area contributed by atoms with Crippen LogP contribution in [0.3, 0.4) is 0 Å². The summed E-state index contributed by atoms with van der Waals surface area (Å²) in [4.78, 5) is 26.2. The number of rotatable bonds is 7. The molecule has 1 aliphatic heterocycles. The number of amides is 1. The topological polar surface area (TPSA) is 71.1 Å². The fraction of sp³-hybridized carbons (Fsp3) is 0.375. The number of pyridine rings is 1. The van der Waals surface area contributed by atoms with E-state index >= 15 is 0 Å². The Balaban J connectivity index is 1.20. The van der Waals surface area contributed by atoms with Crippen molar-refractivity contribution in [3.63, 3.8) is 0 Å². The molecule has 1 aliphatic rings. The summed E-state index contributed by atoms with van der Waals surface area (Å²) >= 11 is 1.75. The second-order valence-corrected chi connectivity index (χ2v) is 8.92. The van der Waals surface area contributed by atoms with Gasteiger partial charge in [-0.2, -0.15) is 0 Å². The highest BCUT2D eigenvalue weighted by atomic mass is 32.2. The quantitative estimate of drug-likeness (QED) is 0.533. The Hall–Kier alpha value is -2.80. The van der Waals surface area contributed by atoms with Gasteiger partial charge >= 0.3 is 6.09 Å². The lowest BCUT2D eigenvalue weighted by molar-refractivity contribution is 0.134. The maximum absolute atomic E-state index is 12.5. The highest BCUT2D eigenvalue weighted by Gasteiger charge is 2.24. The molecule has 4 rings (SSSR count). The first kappa shape index (κ1) is 21.4. The Morgan fingerprint density at radius 2 is 1.94 bits per heavy atom. The van der Waals surface area contributed by atoms with Gasteiger partial charge in [-0.15, -0.1) is 0 Å². The van der Waals surface area contributed by atoms with Gasteiger partial charge in [-0.3, -0.25) is 4.98 Å². The number of likely N-dealkylation sites (tertiary alicyclic amines) is 1. The molecule has 2 aromatic heterocycles. The minimum Gasteiger partial charge on any atom is -0.410 e. The minimum atomic E-state index is -0.256. The van der Waals surface area contributed by atoms with Crippen LogP contribution in [0, 0.1) is 12.8 Å². The summed E-state index contributed by atoms with van der Waals surface area (Å²) in [5.41, 5.74) is 3.56. The Kier molecular flexibility index (Phi) is 7.25. The number of carbonyl (C=O) groups excluding carboxylic acids is 1. The van der Waals surface area contributed by atoms with Gasteiger partial charge in [0.05, 0.1) is 0 Å². The monoisotopic (exact) mass is 436 g/mol. The van der Waals surface area contributed by atoms with Crippen LogP contribution in [0.15, 0.2) is 60.1 Å². The van der Waals surface area contributed by atoms with Crippen LogP contribution < -0.4 is 4.74 Å². The van der Waals surface area contributed by atoms with Crippen molar-refractivity contribution >= 4 is 17.9 Å². The SMILES string of the molecule is Cc1cccnc1CCc1ccc(OC(=O)N2CCC(CSc3ncc[nH]3)CC2)cc1. The number of aromatic nitrogens is 3. The van der Waals surface area contributed by atoms with Gasteiger partial charge in [0, 0.05) is 43.1 Å². The molecule has 6 nitrogen and oxygen atoms in total. The van der Waals surface area contributed by atoms with Crippen molar-refractivity contribution in [1.29, 1.82) is 0 Å². The largest absolute Gasteiger partial charge is 0.415 e. The van der Waals surface area contributed by atoms with Crippen molar-refractivity contribution < 1.29 is 9.53 Å². The van der Waals surface area contributed by atoms with Gasteiger partial charge in [-0.1, -0.05) is 30.0 Å². The Morgan fingerprint density at radius 3 is 2.65 bits per heavy atom. The molecule has 0 atom stereocenters. The van der Waals surface area contributed by atoms with E-state index in [2.05, 4.69) is 27.9 Å². The molecule has 1 aromatic carbocycles. The van der Waals surface area contributed by atoms with E-state index in [1.165, 1.54) is 11.1 Å². The maximum atomic E-state index is 12.5. The van der Waals surface area contributed by atoms with E-state index in [9.17, 15) is 4.79 Å². The fourth-order valence-electron chi connectivity index (χ4n) is 3.74. The van der Waals surface area contributed by atoms with E-state index in [1.807, 2.05) is 47.6 Å². The summed E-state index contributed by atoms with van der Waals surface area (Å²) in [7, 11) is 0. The number of hydrogen-bond donors (Lipinski definition) is 1. The number of piperidine rings is 1. The Morgan fingerprint density at radius 1 is 1.13 bits per heavy atom. The van der Waals surface area contributed by atoms with Crippen LogP contribution in [0.5, 0.6) is 5.75 Å². The third kappa shape index (κ3) is 6.10. The van der Waals surface area contributed by atoms with Gasteiger partial charge in [0.1, 0.15) is 5.75 Å². The summed E-state index contributed by atoms with van der Waals surface area (Å²) < 4.78 is 5.60. The minimum absolute atomic E-state index is 0.256. The highest BCUT2D eigenvalue weighted by Crippen LogP contribution is 2.25. The number of imidazole rings is 1. The Labute approximate surface area is 187 Å². The van der Waals surface area contributed by atoms with Crippen LogP contribution in [0.1, 0.15) is 29.7 Å². The lowest BCUT2D eigenvalue weighted by atomic mass is 9.99. The van der Waals surface area contributed by atoms with Crippen LogP contribution in [-0.2, 0) is 12.8 Å². The molecule has 0 bridgehead atoms. The number of nitrogens with zero attached hydrogens (tertiary/aromatic N) is 3. The van der Waals surface area contributed by atoms with Crippen LogP contribution in [0.4, 0.5) is 4.79 Å². The molecule has 162 valence electrons. The van der Waals surface area contributed by atoms with Crippen molar-refractivity contribution in [3.05, 3.63) is 71.8 Å². The van der Waals surface area contributed by atoms with Crippen LogP contribution in [-0.4, -0.2) is 44.8 Å². The summed E-state index contributed by atoms with van der Waals surface area (Å²) in [6.45, 7) is 3.57. The van der Waals surface area contributed by atoms with Gasteiger partial charge in [0.2, 0.25) is 0 Å². The fourth-order valence-corrected chi connectivity index (χ4v) is 4.75. The highest BCUT2D eigenvalue weighted by molar-refractivity contribution is 7.99. The van der Waals surface area contributed by atoms with Crippen LogP contribution in [0.2, 0.25) is 0 Å². The molecule has 0 radical (unpaired) electrons. The number of hydrogen-bond acceptors (Lipinski definition) is 5. The normalized spacial score (nSPS) is 14.5. The molecule has 0 spiro atoms. The molecule has 1 amide bonds. The van der Waals surface area contributed by atoms with Crippen molar-refractivity contribution in [2.24, 2.45) is 5.92 Å². The number of carbonyl (C=O) groups is 1. The van der Waals surface area contributed by atoms with E-state index in [-0.39, 0.29) is 6.09 Å². The second-order valence-electron chi connectivity index (χ2n) is 7.91. The predicted octanol–water partition coefficient (Wildman–Crippen LogP) is 4.90. The molecule has 1 N–H and O–H groups in total. The van der Waals surface area contributed by atoms with Crippen molar-refractivity contribution in [1.82, 2.24) is 19.9 Å². The molecule has 0 aliphatic carbocycles. The zero-order chi connectivity index (χ0) is 21.5. The van der Waals surface area contributed by atoms with E-state index in [0.29, 0.717) is 11.7 Å². The smallest absolute Gasteiger partial charge is 0.410 e. The Bertz CT molecular complexity index is 968. The lowest BCUT2D eigenvalue weighted by Crippen LogP contribution is -2.40. The number of aryl methyl sites for hydroxylation is 3. The molecule has 3 aromatic rings. The van der Waals surface area contributed by atoms with Crippen molar-refractivity contribution in [3.8, 4) is 5.75 Å². The average molecular weight is 437 g/mol. The standard InChI is InChI=1S/C24H28N4O2S/c1-18-3-2-12-25-22(18)9-6-19-4-7-21(8-5-19)30-24(29)28-15-10-20(11-16-28)17-31-23-26-13-14-27-23/h2-5,7-8,12-14,20H,6,9-11,15-17H2,1H3,(H,26,27). The first-order valence-corrected chi connectivity index (χ1v) is 11.7. The summed E-state index contributed by atoms with van der Waals surface area (Å²) in [6.07, 6.45) is 9.00. The van der Waals surface area contributed by atoms with Gasteiger partial charge in [0.15, 0.2) is 5.16 Å². The van der Waals surface area contributed by atoms with Crippen molar-refractivity contribution in [2.75, 3.05) is 18.8 Å². The number of nitrogens with one attached hydrogen (secondary N) is 1.